The van der Waals surface area contributed by atoms with Crippen LogP contribution in [0.25, 0.3) is 0 Å². The summed E-state index contributed by atoms with van der Waals surface area (Å²) in [6.45, 7) is 1.98. The van der Waals surface area contributed by atoms with Crippen molar-refractivity contribution in [3.05, 3.63) is 30.1 Å². The Morgan fingerprint density at radius 1 is 1.21 bits per heavy atom. The molecule has 1 heterocycles. The van der Waals surface area contributed by atoms with E-state index < -0.39 is 0 Å². The fourth-order valence-electron chi connectivity index (χ4n) is 3.21. The van der Waals surface area contributed by atoms with Crippen molar-refractivity contribution in [3.63, 3.8) is 0 Å². The van der Waals surface area contributed by atoms with Gasteiger partial charge in [-0.25, -0.2) is 4.39 Å². The zero-order valence-corrected chi connectivity index (χ0v) is 11.9. The van der Waals surface area contributed by atoms with Gasteiger partial charge in [0.05, 0.1) is 10.1 Å². The molecule has 0 aromatic heterocycles. The van der Waals surface area contributed by atoms with E-state index in [4.69, 9.17) is 0 Å². The smallest absolute Gasteiger partial charge is 0.241 e. The molecule has 19 heavy (non-hydrogen) atoms. The van der Waals surface area contributed by atoms with Gasteiger partial charge >= 0.3 is 0 Å². The standard InChI is InChI=1S/C15H18FNOS/c1-11-14(18)17(13-7-5-12(16)6-8-13)15(19-11)9-3-2-4-10-15/h5-8,11H,2-4,9-10H2,1H3/t11-/m1/s1. The van der Waals surface area contributed by atoms with Gasteiger partial charge in [0.15, 0.2) is 0 Å². The molecule has 2 fully saturated rings. The van der Waals surface area contributed by atoms with Gasteiger partial charge in [-0.15, -0.1) is 11.8 Å². The fraction of sp³-hybridized carbons (Fsp3) is 0.533. The third-order valence-corrected chi connectivity index (χ3v) is 5.68. The van der Waals surface area contributed by atoms with Crippen LogP contribution in [0.1, 0.15) is 39.0 Å². The molecular weight excluding hydrogens is 261 g/mol. The topological polar surface area (TPSA) is 20.3 Å². The molecule has 1 aliphatic carbocycles. The number of carbonyl (C=O) groups excluding carboxylic acids is 1. The van der Waals surface area contributed by atoms with Crippen LogP contribution in [0.15, 0.2) is 24.3 Å². The molecular formula is C15H18FNOS. The number of carbonyl (C=O) groups is 1. The Morgan fingerprint density at radius 2 is 1.84 bits per heavy atom. The molecule has 1 saturated carbocycles. The van der Waals surface area contributed by atoms with E-state index >= 15 is 0 Å². The van der Waals surface area contributed by atoms with E-state index in [1.165, 1.54) is 31.4 Å². The second-order valence-electron chi connectivity index (χ2n) is 5.42. The fourth-order valence-corrected chi connectivity index (χ4v) is 4.90. The summed E-state index contributed by atoms with van der Waals surface area (Å²) < 4.78 is 13.1. The summed E-state index contributed by atoms with van der Waals surface area (Å²) in [4.78, 5) is 14.3. The Morgan fingerprint density at radius 3 is 2.47 bits per heavy atom. The van der Waals surface area contributed by atoms with Crippen LogP contribution < -0.4 is 4.90 Å². The van der Waals surface area contributed by atoms with Crippen molar-refractivity contribution in [2.24, 2.45) is 0 Å². The number of thioether (sulfide) groups is 1. The van der Waals surface area contributed by atoms with Gasteiger partial charge in [0.25, 0.3) is 0 Å². The number of halogens is 1. The molecule has 0 N–H and O–H groups in total. The van der Waals surface area contributed by atoms with Crippen molar-refractivity contribution in [1.82, 2.24) is 0 Å². The van der Waals surface area contributed by atoms with Crippen molar-refractivity contribution in [2.75, 3.05) is 4.90 Å². The maximum Gasteiger partial charge on any atom is 0.241 e. The van der Waals surface area contributed by atoms with E-state index in [2.05, 4.69) is 0 Å². The summed E-state index contributed by atoms with van der Waals surface area (Å²) in [6.07, 6.45) is 5.69. The molecule has 1 saturated heterocycles. The molecule has 1 aromatic rings. The van der Waals surface area contributed by atoms with Crippen LogP contribution in [0.2, 0.25) is 0 Å². The van der Waals surface area contributed by atoms with E-state index in [9.17, 15) is 9.18 Å². The highest BCUT2D eigenvalue weighted by Crippen LogP contribution is 2.51. The molecule has 2 nitrogen and oxygen atoms in total. The molecule has 1 amide bonds. The predicted molar refractivity (Wildman–Crippen MR) is 76.8 cm³/mol. The molecule has 1 spiro atoms. The highest BCUT2D eigenvalue weighted by molar-refractivity contribution is 8.02. The van der Waals surface area contributed by atoms with E-state index in [0.717, 1.165) is 18.5 Å². The Labute approximate surface area is 117 Å². The van der Waals surface area contributed by atoms with Crippen molar-refractivity contribution in [3.8, 4) is 0 Å². The first-order chi connectivity index (χ1) is 9.12. The van der Waals surface area contributed by atoms with Gasteiger partial charge < -0.3 is 0 Å². The highest BCUT2D eigenvalue weighted by atomic mass is 32.2. The van der Waals surface area contributed by atoms with Gasteiger partial charge in [-0.1, -0.05) is 19.3 Å². The van der Waals surface area contributed by atoms with Crippen LogP contribution >= 0.6 is 11.8 Å². The molecule has 3 rings (SSSR count). The number of rotatable bonds is 1. The number of hydrogen-bond donors (Lipinski definition) is 0. The zero-order chi connectivity index (χ0) is 13.5. The molecule has 1 atom stereocenters. The third-order valence-electron chi connectivity index (χ3n) is 4.09. The summed E-state index contributed by atoms with van der Waals surface area (Å²) in [5.41, 5.74) is 0.838. The second-order valence-corrected chi connectivity index (χ2v) is 7.12. The van der Waals surface area contributed by atoms with E-state index in [1.807, 2.05) is 11.8 Å². The van der Waals surface area contributed by atoms with Crippen molar-refractivity contribution in [1.29, 1.82) is 0 Å². The summed E-state index contributed by atoms with van der Waals surface area (Å²) in [5.74, 6) is -0.0905. The summed E-state index contributed by atoms with van der Waals surface area (Å²) in [7, 11) is 0. The molecule has 0 bridgehead atoms. The minimum Gasteiger partial charge on any atom is -0.296 e. The van der Waals surface area contributed by atoms with E-state index in [-0.39, 0.29) is 21.8 Å². The minimum absolute atomic E-state index is 0.00292. The van der Waals surface area contributed by atoms with Crippen LogP contribution in [0, 0.1) is 5.82 Å². The molecule has 1 aliphatic heterocycles. The van der Waals surface area contributed by atoms with Gasteiger partial charge in [-0.2, -0.15) is 0 Å². The summed E-state index contributed by atoms with van der Waals surface area (Å²) in [6, 6.07) is 6.32. The van der Waals surface area contributed by atoms with Crippen LogP contribution in [-0.2, 0) is 4.79 Å². The Bertz CT molecular complexity index is 481. The quantitative estimate of drug-likeness (QED) is 0.775. The molecule has 102 valence electrons. The van der Waals surface area contributed by atoms with E-state index in [1.54, 1.807) is 23.9 Å². The third kappa shape index (κ3) is 2.16. The largest absolute Gasteiger partial charge is 0.296 e. The number of anilines is 1. The first-order valence-corrected chi connectivity index (χ1v) is 7.78. The number of benzene rings is 1. The lowest BCUT2D eigenvalue weighted by molar-refractivity contribution is -0.117. The number of amides is 1. The maximum atomic E-state index is 13.1. The second kappa shape index (κ2) is 4.82. The number of nitrogens with zero attached hydrogens (tertiary/aromatic N) is 1. The van der Waals surface area contributed by atoms with Crippen LogP contribution in [-0.4, -0.2) is 16.0 Å². The van der Waals surface area contributed by atoms with Gasteiger partial charge in [-0.05, 0) is 44.0 Å². The minimum atomic E-state index is -0.256. The maximum absolute atomic E-state index is 13.1. The first-order valence-electron chi connectivity index (χ1n) is 6.90. The molecule has 1 aromatic carbocycles. The van der Waals surface area contributed by atoms with Crippen LogP contribution in [0.4, 0.5) is 10.1 Å². The van der Waals surface area contributed by atoms with Crippen LogP contribution in [0.5, 0.6) is 0 Å². The van der Waals surface area contributed by atoms with E-state index in [0.29, 0.717) is 0 Å². The predicted octanol–water partition coefficient (Wildman–Crippen LogP) is 3.95. The average molecular weight is 279 g/mol. The molecule has 4 heteroatoms. The lowest BCUT2D eigenvalue weighted by Crippen LogP contribution is -2.46. The van der Waals surface area contributed by atoms with Crippen molar-refractivity contribution < 1.29 is 9.18 Å². The van der Waals surface area contributed by atoms with Gasteiger partial charge in [0.2, 0.25) is 5.91 Å². The normalized spacial score (nSPS) is 26.1. The average Bonchev–Trinajstić information content (AvgIpc) is 2.64. The highest BCUT2D eigenvalue weighted by Gasteiger charge is 2.50. The SMILES string of the molecule is C[C@H]1SC2(CCCCC2)N(c2ccc(F)cc2)C1=O. The monoisotopic (exact) mass is 279 g/mol. The van der Waals surface area contributed by atoms with Gasteiger partial charge in [0, 0.05) is 5.69 Å². The lowest BCUT2D eigenvalue weighted by Gasteiger charge is -2.40. The first kappa shape index (κ1) is 13.0. The van der Waals surface area contributed by atoms with Gasteiger partial charge in [-0.3, -0.25) is 9.69 Å². The number of hydrogen-bond acceptors (Lipinski definition) is 2. The Hall–Kier alpha value is -1.03. The molecule has 0 radical (unpaired) electrons. The van der Waals surface area contributed by atoms with Crippen molar-refractivity contribution >= 4 is 23.4 Å². The Balaban J connectivity index is 1.99. The zero-order valence-electron chi connectivity index (χ0n) is 11.1. The van der Waals surface area contributed by atoms with Crippen LogP contribution in [0.3, 0.4) is 0 Å². The van der Waals surface area contributed by atoms with Crippen molar-refractivity contribution in [2.45, 2.75) is 49.1 Å². The summed E-state index contributed by atoms with van der Waals surface area (Å²) >= 11 is 1.79. The summed E-state index contributed by atoms with van der Waals surface area (Å²) in [5, 5.41) is 0.00292. The molecule has 0 unspecified atom stereocenters. The van der Waals surface area contributed by atoms with Gasteiger partial charge in [0.1, 0.15) is 5.82 Å². The Kier molecular flexibility index (Phi) is 3.29. The lowest BCUT2D eigenvalue weighted by atomic mass is 9.93. The molecule has 2 aliphatic rings.